The van der Waals surface area contributed by atoms with E-state index in [4.69, 9.17) is 5.73 Å². The zero-order chi connectivity index (χ0) is 15.7. The van der Waals surface area contributed by atoms with E-state index >= 15 is 0 Å². The normalized spacial score (nSPS) is 21.1. The summed E-state index contributed by atoms with van der Waals surface area (Å²) in [7, 11) is 0. The molecule has 1 fully saturated rings. The number of hydrogen-bond donors (Lipinski definition) is 1. The number of rotatable bonds is 2. The third-order valence-corrected chi connectivity index (χ3v) is 5.24. The van der Waals surface area contributed by atoms with Gasteiger partial charge in [-0.15, -0.1) is 0 Å². The van der Waals surface area contributed by atoms with Crippen LogP contribution in [0.25, 0.3) is 0 Å². The standard InChI is InChI=1S/C18H19BrN2O/c1-12-14(8-5-9-16(12)19)18(22)21-10-15(17(20)11-21)13-6-3-2-4-7-13/h2-9,15,17H,10-11,20H2,1H3/t15-,17+/m0/s1. The molecule has 0 radical (unpaired) electrons. The van der Waals surface area contributed by atoms with Gasteiger partial charge in [-0.3, -0.25) is 4.79 Å². The van der Waals surface area contributed by atoms with Crippen LogP contribution in [0, 0.1) is 6.92 Å². The molecular formula is C18H19BrN2O. The summed E-state index contributed by atoms with van der Waals surface area (Å²) in [6.07, 6.45) is 0. The highest BCUT2D eigenvalue weighted by atomic mass is 79.9. The first-order valence-corrected chi connectivity index (χ1v) is 8.22. The highest BCUT2D eigenvalue weighted by Crippen LogP contribution is 2.28. The largest absolute Gasteiger partial charge is 0.336 e. The summed E-state index contributed by atoms with van der Waals surface area (Å²) in [6, 6.07) is 15.9. The molecule has 2 atom stereocenters. The van der Waals surface area contributed by atoms with Crippen molar-refractivity contribution in [2.75, 3.05) is 13.1 Å². The van der Waals surface area contributed by atoms with Crippen LogP contribution in [-0.4, -0.2) is 29.9 Å². The summed E-state index contributed by atoms with van der Waals surface area (Å²) in [5, 5.41) is 0. The van der Waals surface area contributed by atoms with Gasteiger partial charge in [-0.2, -0.15) is 0 Å². The van der Waals surface area contributed by atoms with Gasteiger partial charge in [-0.05, 0) is 30.2 Å². The molecule has 2 aromatic rings. The molecule has 0 aliphatic carbocycles. The fourth-order valence-corrected chi connectivity index (χ4v) is 3.42. The van der Waals surface area contributed by atoms with Gasteiger partial charge in [0.25, 0.3) is 5.91 Å². The predicted octanol–water partition coefficient (Wildman–Crippen LogP) is 3.32. The third kappa shape index (κ3) is 2.81. The number of benzene rings is 2. The lowest BCUT2D eigenvalue weighted by Gasteiger charge is -2.18. The molecule has 0 unspecified atom stereocenters. The van der Waals surface area contributed by atoms with Gasteiger partial charge in [0.05, 0.1) is 0 Å². The summed E-state index contributed by atoms with van der Waals surface area (Å²) in [5.41, 5.74) is 9.21. The molecule has 2 aromatic carbocycles. The van der Waals surface area contributed by atoms with Crippen molar-refractivity contribution in [3.8, 4) is 0 Å². The van der Waals surface area contributed by atoms with Gasteiger partial charge in [-0.1, -0.05) is 52.3 Å². The second-order valence-electron chi connectivity index (χ2n) is 5.80. The lowest BCUT2D eigenvalue weighted by atomic mass is 9.95. The molecule has 1 aliphatic rings. The van der Waals surface area contributed by atoms with Crippen LogP contribution in [0.1, 0.15) is 27.4 Å². The number of carbonyl (C=O) groups excluding carboxylic acids is 1. The smallest absolute Gasteiger partial charge is 0.254 e. The summed E-state index contributed by atoms with van der Waals surface area (Å²) in [5.74, 6) is 0.269. The zero-order valence-electron chi connectivity index (χ0n) is 12.5. The Hall–Kier alpha value is -1.65. The molecule has 0 spiro atoms. The minimum absolute atomic E-state index is 0.0150. The van der Waals surface area contributed by atoms with Crippen molar-refractivity contribution in [2.24, 2.45) is 5.73 Å². The lowest BCUT2D eigenvalue weighted by Crippen LogP contribution is -2.32. The van der Waals surface area contributed by atoms with Gasteiger partial charge in [0.15, 0.2) is 0 Å². The number of halogens is 1. The number of likely N-dealkylation sites (tertiary alicyclic amines) is 1. The van der Waals surface area contributed by atoms with Crippen molar-refractivity contribution >= 4 is 21.8 Å². The Morgan fingerprint density at radius 2 is 1.86 bits per heavy atom. The number of carbonyl (C=O) groups is 1. The second kappa shape index (κ2) is 6.23. The van der Waals surface area contributed by atoms with E-state index in [1.165, 1.54) is 5.56 Å². The Morgan fingerprint density at radius 3 is 2.59 bits per heavy atom. The average Bonchev–Trinajstić information content (AvgIpc) is 2.92. The quantitative estimate of drug-likeness (QED) is 0.894. The first-order valence-electron chi connectivity index (χ1n) is 7.43. The fourth-order valence-electron chi connectivity index (χ4n) is 3.06. The van der Waals surface area contributed by atoms with Crippen LogP contribution >= 0.6 is 15.9 Å². The SMILES string of the molecule is Cc1c(Br)cccc1C(=O)N1C[C@@H](N)[C@H](c2ccccc2)C1. The molecular weight excluding hydrogens is 340 g/mol. The molecule has 0 aromatic heterocycles. The molecule has 1 saturated heterocycles. The van der Waals surface area contributed by atoms with E-state index in [-0.39, 0.29) is 17.9 Å². The van der Waals surface area contributed by atoms with Crippen LogP contribution in [0.4, 0.5) is 0 Å². The highest BCUT2D eigenvalue weighted by Gasteiger charge is 2.34. The first-order chi connectivity index (χ1) is 10.6. The van der Waals surface area contributed by atoms with Crippen molar-refractivity contribution in [1.29, 1.82) is 0 Å². The molecule has 0 saturated carbocycles. The maximum Gasteiger partial charge on any atom is 0.254 e. The van der Waals surface area contributed by atoms with Crippen molar-refractivity contribution in [1.82, 2.24) is 4.90 Å². The number of nitrogens with two attached hydrogens (primary N) is 1. The topological polar surface area (TPSA) is 46.3 Å². The van der Waals surface area contributed by atoms with Crippen molar-refractivity contribution < 1.29 is 4.79 Å². The summed E-state index contributed by atoms with van der Waals surface area (Å²) < 4.78 is 0.960. The summed E-state index contributed by atoms with van der Waals surface area (Å²) >= 11 is 3.49. The van der Waals surface area contributed by atoms with E-state index in [1.54, 1.807) is 0 Å². The first kappa shape index (κ1) is 15.3. The highest BCUT2D eigenvalue weighted by molar-refractivity contribution is 9.10. The fraction of sp³-hybridized carbons (Fsp3) is 0.278. The predicted molar refractivity (Wildman–Crippen MR) is 91.9 cm³/mol. The Balaban J connectivity index is 1.82. The molecule has 114 valence electrons. The van der Waals surface area contributed by atoms with Crippen LogP contribution in [0.2, 0.25) is 0 Å². The van der Waals surface area contributed by atoms with Gasteiger partial charge in [0.2, 0.25) is 0 Å². The van der Waals surface area contributed by atoms with Gasteiger partial charge >= 0.3 is 0 Å². The van der Waals surface area contributed by atoms with E-state index < -0.39 is 0 Å². The van der Waals surface area contributed by atoms with Crippen LogP contribution in [0.3, 0.4) is 0 Å². The van der Waals surface area contributed by atoms with Crippen LogP contribution in [0.5, 0.6) is 0 Å². The second-order valence-corrected chi connectivity index (χ2v) is 6.66. The van der Waals surface area contributed by atoms with Crippen LogP contribution < -0.4 is 5.73 Å². The Bertz CT molecular complexity index is 687. The number of hydrogen-bond acceptors (Lipinski definition) is 2. The van der Waals surface area contributed by atoms with Crippen molar-refractivity contribution in [3.05, 3.63) is 69.7 Å². The maximum atomic E-state index is 12.8. The lowest BCUT2D eigenvalue weighted by molar-refractivity contribution is 0.0788. The molecule has 3 rings (SSSR count). The molecule has 1 amide bonds. The van der Waals surface area contributed by atoms with E-state index in [9.17, 15) is 4.79 Å². The summed E-state index contributed by atoms with van der Waals surface area (Å²) in [6.45, 7) is 3.24. The molecule has 2 N–H and O–H groups in total. The monoisotopic (exact) mass is 358 g/mol. The van der Waals surface area contributed by atoms with Crippen molar-refractivity contribution in [2.45, 2.75) is 18.9 Å². The van der Waals surface area contributed by atoms with E-state index in [2.05, 4.69) is 28.1 Å². The molecule has 1 aliphatic heterocycles. The molecule has 1 heterocycles. The van der Waals surface area contributed by atoms with E-state index in [1.807, 2.05) is 48.2 Å². The third-order valence-electron chi connectivity index (χ3n) is 4.38. The average molecular weight is 359 g/mol. The van der Waals surface area contributed by atoms with Gasteiger partial charge in [0.1, 0.15) is 0 Å². The maximum absolute atomic E-state index is 12.8. The van der Waals surface area contributed by atoms with Gasteiger partial charge in [-0.25, -0.2) is 0 Å². The molecule has 22 heavy (non-hydrogen) atoms. The Morgan fingerprint density at radius 1 is 1.14 bits per heavy atom. The minimum atomic E-state index is -0.0150. The minimum Gasteiger partial charge on any atom is -0.336 e. The Kier molecular flexibility index (Phi) is 4.32. The van der Waals surface area contributed by atoms with E-state index in [0.717, 1.165) is 15.6 Å². The zero-order valence-corrected chi connectivity index (χ0v) is 14.1. The number of nitrogens with zero attached hydrogens (tertiary/aromatic N) is 1. The van der Waals surface area contributed by atoms with Gasteiger partial charge in [0, 0.05) is 35.1 Å². The van der Waals surface area contributed by atoms with E-state index in [0.29, 0.717) is 13.1 Å². The van der Waals surface area contributed by atoms with Crippen LogP contribution in [-0.2, 0) is 0 Å². The molecule has 3 nitrogen and oxygen atoms in total. The molecule has 4 heteroatoms. The van der Waals surface area contributed by atoms with Crippen molar-refractivity contribution in [3.63, 3.8) is 0 Å². The van der Waals surface area contributed by atoms with Gasteiger partial charge < -0.3 is 10.6 Å². The Labute approximate surface area is 139 Å². The number of amides is 1. The van der Waals surface area contributed by atoms with Crippen LogP contribution in [0.15, 0.2) is 53.0 Å². The molecule has 0 bridgehead atoms. The summed E-state index contributed by atoms with van der Waals surface area (Å²) in [4.78, 5) is 14.7.